The molecule has 1 aromatic rings. The van der Waals surface area contributed by atoms with Gasteiger partial charge in [0.2, 0.25) is 0 Å². The summed E-state index contributed by atoms with van der Waals surface area (Å²) in [6, 6.07) is 0.649. The third kappa shape index (κ3) is 4.39. The molecule has 7 heteroatoms. The molecule has 1 unspecified atom stereocenters. The molecule has 2 heterocycles. The molecule has 0 radical (unpaired) electrons. The van der Waals surface area contributed by atoms with E-state index in [0.29, 0.717) is 6.04 Å². The van der Waals surface area contributed by atoms with E-state index in [0.717, 1.165) is 32.0 Å². The molecule has 0 aromatic carbocycles. The molecule has 2 rings (SSSR count). The highest BCUT2D eigenvalue weighted by atomic mass is 35.5. The zero-order valence-corrected chi connectivity index (χ0v) is 12.6. The predicted octanol–water partition coefficient (Wildman–Crippen LogP) is 1.23. The lowest BCUT2D eigenvalue weighted by Crippen LogP contribution is -2.50. The summed E-state index contributed by atoms with van der Waals surface area (Å²) in [6.45, 7) is 6.46. The Morgan fingerprint density at radius 3 is 2.83 bits per heavy atom. The second-order valence-corrected chi connectivity index (χ2v) is 4.42. The molecular weight excluding hydrogens is 273 g/mol. The van der Waals surface area contributed by atoms with E-state index < -0.39 is 0 Å². The van der Waals surface area contributed by atoms with Gasteiger partial charge in [-0.15, -0.1) is 24.8 Å². The number of aryl methyl sites for hydroxylation is 1. The van der Waals surface area contributed by atoms with Crippen molar-refractivity contribution in [1.29, 1.82) is 0 Å². The van der Waals surface area contributed by atoms with Gasteiger partial charge in [0.25, 0.3) is 0 Å². The Kier molecular flexibility index (Phi) is 8.52. The lowest BCUT2D eigenvalue weighted by Gasteiger charge is -2.35. The minimum atomic E-state index is 0. The molecule has 0 spiro atoms. The maximum atomic E-state index is 4.29. The van der Waals surface area contributed by atoms with E-state index in [4.69, 9.17) is 0 Å². The number of nitrogens with one attached hydrogen (secondary N) is 1. The Morgan fingerprint density at radius 2 is 2.22 bits per heavy atom. The van der Waals surface area contributed by atoms with E-state index >= 15 is 0 Å². The number of nitrogens with zero attached hydrogens (tertiary/aromatic N) is 4. The highest BCUT2D eigenvalue weighted by Crippen LogP contribution is 2.12. The second kappa shape index (κ2) is 8.69. The summed E-state index contributed by atoms with van der Waals surface area (Å²) in [4.78, 5) is 6.81. The average Bonchev–Trinajstić information content (AvgIpc) is 2.68. The Morgan fingerprint density at radius 1 is 1.44 bits per heavy atom. The molecule has 18 heavy (non-hydrogen) atoms. The van der Waals surface area contributed by atoms with E-state index in [2.05, 4.69) is 27.2 Å². The van der Waals surface area contributed by atoms with Gasteiger partial charge in [0.15, 0.2) is 0 Å². The fraction of sp³-hybridized carbons (Fsp3) is 0.818. The number of piperazine rings is 1. The van der Waals surface area contributed by atoms with Gasteiger partial charge < -0.3 is 5.32 Å². The Balaban J connectivity index is 0.00000144. The summed E-state index contributed by atoms with van der Waals surface area (Å²) in [7, 11) is 1.96. The number of rotatable bonds is 4. The van der Waals surface area contributed by atoms with Crippen LogP contribution in [0.2, 0.25) is 0 Å². The number of hydrogen-bond acceptors (Lipinski definition) is 4. The molecule has 1 N–H and O–H groups in total. The van der Waals surface area contributed by atoms with Crippen LogP contribution in [0.4, 0.5) is 0 Å². The van der Waals surface area contributed by atoms with Crippen LogP contribution < -0.4 is 5.32 Å². The smallest absolute Gasteiger partial charge is 0.140 e. The van der Waals surface area contributed by atoms with Crippen LogP contribution in [-0.2, 0) is 13.6 Å². The van der Waals surface area contributed by atoms with Crippen LogP contribution in [0.5, 0.6) is 0 Å². The molecule has 106 valence electrons. The first-order chi connectivity index (χ1) is 7.81. The second-order valence-electron chi connectivity index (χ2n) is 4.42. The lowest BCUT2D eigenvalue weighted by atomic mass is 10.1. The van der Waals surface area contributed by atoms with Crippen LogP contribution in [0, 0.1) is 0 Å². The molecule has 0 bridgehead atoms. The van der Waals surface area contributed by atoms with Gasteiger partial charge in [-0.2, -0.15) is 5.10 Å². The molecule has 0 amide bonds. The van der Waals surface area contributed by atoms with Crippen molar-refractivity contribution >= 4 is 24.8 Å². The highest BCUT2D eigenvalue weighted by molar-refractivity contribution is 5.85. The van der Waals surface area contributed by atoms with Crippen LogP contribution >= 0.6 is 24.8 Å². The van der Waals surface area contributed by atoms with Crippen LogP contribution in [0.3, 0.4) is 0 Å². The van der Waals surface area contributed by atoms with Gasteiger partial charge in [0.1, 0.15) is 12.2 Å². The predicted molar refractivity (Wildman–Crippen MR) is 77.5 cm³/mol. The SMILES string of the molecule is CCCC1CNCCN1Cc1ncnn1C.Cl.Cl. The standard InChI is InChI=1S/C11H21N5.2ClH/c1-3-4-10-7-12-5-6-16(10)8-11-13-9-14-15(11)2;;/h9-10,12H,3-8H2,1-2H3;2*1H. The average molecular weight is 296 g/mol. The van der Waals surface area contributed by atoms with Crippen molar-refractivity contribution in [3.8, 4) is 0 Å². The highest BCUT2D eigenvalue weighted by Gasteiger charge is 2.22. The van der Waals surface area contributed by atoms with Crippen LogP contribution in [0.1, 0.15) is 25.6 Å². The van der Waals surface area contributed by atoms with E-state index in [1.807, 2.05) is 11.7 Å². The Bertz CT molecular complexity index is 329. The Labute approximate surface area is 121 Å². The quantitative estimate of drug-likeness (QED) is 0.908. The van der Waals surface area contributed by atoms with Crippen molar-refractivity contribution in [2.45, 2.75) is 32.4 Å². The van der Waals surface area contributed by atoms with Crippen molar-refractivity contribution in [2.75, 3.05) is 19.6 Å². The summed E-state index contributed by atoms with van der Waals surface area (Å²) >= 11 is 0. The minimum absolute atomic E-state index is 0. The van der Waals surface area contributed by atoms with Crippen LogP contribution in [-0.4, -0.2) is 45.3 Å². The fourth-order valence-corrected chi connectivity index (χ4v) is 2.27. The largest absolute Gasteiger partial charge is 0.314 e. The molecule has 0 saturated carbocycles. The van der Waals surface area contributed by atoms with Gasteiger partial charge in [-0.05, 0) is 6.42 Å². The third-order valence-corrected chi connectivity index (χ3v) is 3.24. The van der Waals surface area contributed by atoms with Crippen molar-refractivity contribution in [3.05, 3.63) is 12.2 Å². The maximum absolute atomic E-state index is 4.29. The van der Waals surface area contributed by atoms with E-state index in [9.17, 15) is 0 Å². The molecule has 1 aliphatic heterocycles. The summed E-state index contributed by atoms with van der Waals surface area (Å²) in [5, 5.41) is 7.58. The molecule has 1 saturated heterocycles. The molecule has 1 atom stereocenters. The van der Waals surface area contributed by atoms with Gasteiger partial charge in [0.05, 0.1) is 6.54 Å². The van der Waals surface area contributed by atoms with E-state index in [1.165, 1.54) is 12.8 Å². The Hall–Kier alpha value is -0.360. The zero-order valence-electron chi connectivity index (χ0n) is 11.0. The normalized spacial score (nSPS) is 20.0. The van der Waals surface area contributed by atoms with Gasteiger partial charge in [0, 0.05) is 32.7 Å². The topological polar surface area (TPSA) is 46.0 Å². The minimum Gasteiger partial charge on any atom is -0.314 e. The monoisotopic (exact) mass is 295 g/mol. The molecular formula is C11H23Cl2N5. The van der Waals surface area contributed by atoms with Gasteiger partial charge in [-0.25, -0.2) is 4.98 Å². The molecule has 1 fully saturated rings. The van der Waals surface area contributed by atoms with Crippen LogP contribution in [0.25, 0.3) is 0 Å². The molecule has 1 aliphatic rings. The molecule has 0 aliphatic carbocycles. The molecule has 5 nitrogen and oxygen atoms in total. The zero-order chi connectivity index (χ0) is 11.4. The van der Waals surface area contributed by atoms with Gasteiger partial charge >= 0.3 is 0 Å². The van der Waals surface area contributed by atoms with E-state index in [-0.39, 0.29) is 24.8 Å². The number of aromatic nitrogens is 3. The first-order valence-electron chi connectivity index (χ1n) is 6.09. The van der Waals surface area contributed by atoms with Gasteiger partial charge in [-0.1, -0.05) is 13.3 Å². The summed E-state index contributed by atoms with van der Waals surface area (Å²) in [6.07, 6.45) is 4.12. The molecule has 1 aromatic heterocycles. The number of halogens is 2. The van der Waals surface area contributed by atoms with Crippen molar-refractivity contribution in [2.24, 2.45) is 7.05 Å². The first kappa shape index (κ1) is 17.6. The maximum Gasteiger partial charge on any atom is 0.140 e. The first-order valence-corrected chi connectivity index (χ1v) is 6.09. The van der Waals surface area contributed by atoms with Crippen molar-refractivity contribution < 1.29 is 0 Å². The summed E-state index contributed by atoms with van der Waals surface area (Å²) in [5.74, 6) is 1.06. The number of hydrogen-bond donors (Lipinski definition) is 1. The summed E-state index contributed by atoms with van der Waals surface area (Å²) < 4.78 is 1.87. The van der Waals surface area contributed by atoms with E-state index in [1.54, 1.807) is 6.33 Å². The van der Waals surface area contributed by atoms with Crippen molar-refractivity contribution in [3.63, 3.8) is 0 Å². The van der Waals surface area contributed by atoms with Gasteiger partial charge in [-0.3, -0.25) is 9.58 Å². The summed E-state index contributed by atoms with van der Waals surface area (Å²) in [5.41, 5.74) is 0. The van der Waals surface area contributed by atoms with Crippen LogP contribution in [0.15, 0.2) is 6.33 Å². The lowest BCUT2D eigenvalue weighted by molar-refractivity contribution is 0.139. The van der Waals surface area contributed by atoms with Crippen molar-refractivity contribution in [1.82, 2.24) is 25.0 Å². The fourth-order valence-electron chi connectivity index (χ4n) is 2.27. The third-order valence-electron chi connectivity index (χ3n) is 3.24.